The Bertz CT molecular complexity index is 373. The molecule has 1 aliphatic carbocycles. The number of hydrogen-bond donors (Lipinski definition) is 1. The van der Waals surface area contributed by atoms with Gasteiger partial charge in [0.15, 0.2) is 0 Å². The smallest absolute Gasteiger partial charge is 0.128 e. The molecule has 2 atom stereocenters. The van der Waals surface area contributed by atoms with Crippen molar-refractivity contribution < 1.29 is 0 Å². The van der Waals surface area contributed by atoms with Crippen LogP contribution in [0.4, 0.5) is 5.82 Å². The van der Waals surface area contributed by atoms with Crippen LogP contribution >= 0.6 is 0 Å². The SMILES string of the molecule is CNC(C)c1ccnc(N(C)C(C)C2CC2)c1. The molecule has 1 fully saturated rings. The summed E-state index contributed by atoms with van der Waals surface area (Å²) in [5.74, 6) is 1.95. The standard InChI is InChI=1S/C14H23N3/c1-10(15-3)13-7-8-16-14(9-13)17(4)11(2)12-5-6-12/h7-12,15H,5-6H2,1-4H3. The lowest BCUT2D eigenvalue weighted by Crippen LogP contribution is -2.31. The molecule has 1 heterocycles. The van der Waals surface area contributed by atoms with E-state index in [0.717, 1.165) is 11.7 Å². The van der Waals surface area contributed by atoms with Gasteiger partial charge in [-0.05, 0) is 57.4 Å². The highest BCUT2D eigenvalue weighted by Gasteiger charge is 2.31. The maximum atomic E-state index is 4.49. The number of pyridine rings is 1. The van der Waals surface area contributed by atoms with E-state index < -0.39 is 0 Å². The third-order valence-electron chi connectivity index (χ3n) is 3.98. The quantitative estimate of drug-likeness (QED) is 0.847. The van der Waals surface area contributed by atoms with E-state index in [0.29, 0.717) is 12.1 Å². The summed E-state index contributed by atoms with van der Waals surface area (Å²) >= 11 is 0. The van der Waals surface area contributed by atoms with Crippen LogP contribution in [0.3, 0.4) is 0 Å². The van der Waals surface area contributed by atoms with Crippen molar-refractivity contribution in [3.8, 4) is 0 Å². The van der Waals surface area contributed by atoms with Crippen molar-refractivity contribution in [1.29, 1.82) is 0 Å². The minimum atomic E-state index is 0.376. The van der Waals surface area contributed by atoms with E-state index in [2.05, 4.69) is 48.2 Å². The topological polar surface area (TPSA) is 28.2 Å². The Morgan fingerprint density at radius 1 is 1.41 bits per heavy atom. The van der Waals surface area contributed by atoms with Gasteiger partial charge in [-0.1, -0.05) is 0 Å². The molecule has 0 spiro atoms. The fraction of sp³-hybridized carbons (Fsp3) is 0.643. The highest BCUT2D eigenvalue weighted by atomic mass is 15.2. The number of hydrogen-bond acceptors (Lipinski definition) is 3. The number of anilines is 1. The molecule has 1 N–H and O–H groups in total. The summed E-state index contributed by atoms with van der Waals surface area (Å²) in [6.07, 6.45) is 4.66. The van der Waals surface area contributed by atoms with Crippen molar-refractivity contribution in [3.05, 3.63) is 23.9 Å². The molecule has 1 aliphatic rings. The van der Waals surface area contributed by atoms with Crippen LogP contribution in [0.2, 0.25) is 0 Å². The van der Waals surface area contributed by atoms with Gasteiger partial charge in [-0.2, -0.15) is 0 Å². The Morgan fingerprint density at radius 2 is 2.12 bits per heavy atom. The van der Waals surface area contributed by atoms with E-state index in [9.17, 15) is 0 Å². The first-order valence-electron chi connectivity index (χ1n) is 6.49. The van der Waals surface area contributed by atoms with E-state index in [1.54, 1.807) is 0 Å². The zero-order valence-corrected chi connectivity index (χ0v) is 11.3. The molecule has 3 heteroatoms. The third-order valence-corrected chi connectivity index (χ3v) is 3.98. The van der Waals surface area contributed by atoms with Crippen molar-refractivity contribution in [2.45, 2.75) is 38.8 Å². The lowest BCUT2D eigenvalue weighted by molar-refractivity contribution is 0.601. The van der Waals surface area contributed by atoms with Crippen LogP contribution in [0.5, 0.6) is 0 Å². The van der Waals surface area contributed by atoms with Gasteiger partial charge in [0.1, 0.15) is 5.82 Å². The molecule has 0 bridgehead atoms. The summed E-state index contributed by atoms with van der Waals surface area (Å²) in [5.41, 5.74) is 1.30. The molecule has 1 saturated carbocycles. The number of nitrogens with zero attached hydrogens (tertiary/aromatic N) is 2. The summed E-state index contributed by atoms with van der Waals surface area (Å²) in [6.45, 7) is 4.47. The summed E-state index contributed by atoms with van der Waals surface area (Å²) < 4.78 is 0. The second-order valence-corrected chi connectivity index (χ2v) is 5.15. The second-order valence-electron chi connectivity index (χ2n) is 5.15. The maximum Gasteiger partial charge on any atom is 0.128 e. The van der Waals surface area contributed by atoms with Crippen LogP contribution < -0.4 is 10.2 Å². The molecule has 2 rings (SSSR count). The molecule has 1 aromatic rings. The predicted octanol–water partition coefficient (Wildman–Crippen LogP) is 2.60. The number of aromatic nitrogens is 1. The van der Waals surface area contributed by atoms with Crippen LogP contribution in [-0.4, -0.2) is 25.1 Å². The molecule has 0 radical (unpaired) electrons. The second kappa shape index (κ2) is 5.05. The Balaban J connectivity index is 2.14. The number of nitrogens with one attached hydrogen (secondary N) is 1. The summed E-state index contributed by atoms with van der Waals surface area (Å²) in [5, 5.41) is 3.27. The minimum Gasteiger partial charge on any atom is -0.357 e. The van der Waals surface area contributed by atoms with E-state index in [1.165, 1.54) is 18.4 Å². The predicted molar refractivity (Wildman–Crippen MR) is 72.3 cm³/mol. The van der Waals surface area contributed by atoms with Crippen molar-refractivity contribution in [1.82, 2.24) is 10.3 Å². The van der Waals surface area contributed by atoms with Gasteiger partial charge in [0, 0.05) is 25.3 Å². The molecule has 0 saturated heterocycles. The molecular weight excluding hydrogens is 210 g/mol. The molecule has 94 valence electrons. The molecular formula is C14H23N3. The van der Waals surface area contributed by atoms with Gasteiger partial charge in [0.2, 0.25) is 0 Å². The first-order valence-corrected chi connectivity index (χ1v) is 6.49. The zero-order chi connectivity index (χ0) is 12.4. The molecule has 17 heavy (non-hydrogen) atoms. The van der Waals surface area contributed by atoms with E-state index >= 15 is 0 Å². The molecule has 0 amide bonds. The Hall–Kier alpha value is -1.09. The van der Waals surface area contributed by atoms with Crippen molar-refractivity contribution in [2.24, 2.45) is 5.92 Å². The largest absolute Gasteiger partial charge is 0.357 e. The van der Waals surface area contributed by atoms with Crippen LogP contribution in [0, 0.1) is 5.92 Å². The van der Waals surface area contributed by atoms with E-state index in [4.69, 9.17) is 0 Å². The van der Waals surface area contributed by atoms with E-state index in [-0.39, 0.29) is 0 Å². The lowest BCUT2D eigenvalue weighted by Gasteiger charge is -2.26. The van der Waals surface area contributed by atoms with Crippen LogP contribution in [0.1, 0.15) is 38.3 Å². The summed E-state index contributed by atoms with van der Waals surface area (Å²) in [4.78, 5) is 6.79. The lowest BCUT2D eigenvalue weighted by atomic mass is 10.1. The van der Waals surface area contributed by atoms with Crippen molar-refractivity contribution in [3.63, 3.8) is 0 Å². The first-order chi connectivity index (χ1) is 8.13. The van der Waals surface area contributed by atoms with Crippen molar-refractivity contribution in [2.75, 3.05) is 19.0 Å². The molecule has 0 aromatic carbocycles. The highest BCUT2D eigenvalue weighted by Crippen LogP contribution is 2.36. The minimum absolute atomic E-state index is 0.376. The summed E-state index contributed by atoms with van der Waals surface area (Å²) in [7, 11) is 4.14. The van der Waals surface area contributed by atoms with Gasteiger partial charge in [-0.3, -0.25) is 0 Å². The van der Waals surface area contributed by atoms with Gasteiger partial charge in [0.25, 0.3) is 0 Å². The molecule has 3 nitrogen and oxygen atoms in total. The fourth-order valence-electron chi connectivity index (χ4n) is 2.17. The van der Waals surface area contributed by atoms with Crippen molar-refractivity contribution >= 4 is 5.82 Å². The molecule has 2 unspecified atom stereocenters. The monoisotopic (exact) mass is 233 g/mol. The average molecular weight is 233 g/mol. The maximum absolute atomic E-state index is 4.49. The van der Waals surface area contributed by atoms with E-state index in [1.807, 2.05) is 13.2 Å². The average Bonchev–Trinajstić information content (AvgIpc) is 3.20. The normalized spacial score (nSPS) is 18.8. The van der Waals surface area contributed by atoms with Gasteiger partial charge in [-0.15, -0.1) is 0 Å². The highest BCUT2D eigenvalue weighted by molar-refractivity contribution is 5.42. The van der Waals surface area contributed by atoms with Gasteiger partial charge >= 0.3 is 0 Å². The number of rotatable bonds is 5. The Kier molecular flexibility index (Phi) is 3.67. The summed E-state index contributed by atoms with van der Waals surface area (Å²) in [6, 6.07) is 5.25. The Labute approximate surface area is 104 Å². The Morgan fingerprint density at radius 3 is 2.71 bits per heavy atom. The van der Waals surface area contributed by atoms with Gasteiger partial charge < -0.3 is 10.2 Å². The van der Waals surface area contributed by atoms with Gasteiger partial charge in [-0.25, -0.2) is 4.98 Å². The van der Waals surface area contributed by atoms with Crippen LogP contribution in [0.25, 0.3) is 0 Å². The zero-order valence-electron chi connectivity index (χ0n) is 11.3. The third kappa shape index (κ3) is 2.78. The molecule has 1 aromatic heterocycles. The first kappa shape index (κ1) is 12.4. The fourth-order valence-corrected chi connectivity index (χ4v) is 2.17. The van der Waals surface area contributed by atoms with Crippen LogP contribution in [0.15, 0.2) is 18.3 Å². The molecule has 0 aliphatic heterocycles. The van der Waals surface area contributed by atoms with Gasteiger partial charge in [0.05, 0.1) is 0 Å². The van der Waals surface area contributed by atoms with Crippen LogP contribution in [-0.2, 0) is 0 Å².